The number of fused-ring (bicyclic) bond motifs is 2. The van der Waals surface area contributed by atoms with Gasteiger partial charge in [-0.15, -0.1) is 0 Å². The summed E-state index contributed by atoms with van der Waals surface area (Å²) in [6, 6.07) is 0. The minimum absolute atomic E-state index is 0.441. The molecule has 0 aliphatic heterocycles. The predicted octanol–water partition coefficient (Wildman–Crippen LogP) is 4.74. The van der Waals surface area contributed by atoms with Crippen molar-refractivity contribution in [1.82, 2.24) is 0 Å². The monoisotopic (exact) mass is 208 g/mol. The second-order valence-electron chi connectivity index (χ2n) is 7.93. The van der Waals surface area contributed by atoms with Crippen LogP contribution in [0.5, 0.6) is 0 Å². The first-order chi connectivity index (χ1) is 6.62. The van der Waals surface area contributed by atoms with Crippen LogP contribution in [0.25, 0.3) is 0 Å². The third-order valence-electron chi connectivity index (χ3n) is 6.52. The fraction of sp³-hybridized carbons (Fsp3) is 1.00. The minimum Gasteiger partial charge on any atom is -0.0622 e. The van der Waals surface area contributed by atoms with Crippen LogP contribution in [0, 0.1) is 34.0 Å². The standard InChI is InChI=1S/C15H28/c1-10-8-11-9-12(10)14(5,6)15(11,7)13(2,3)4/h10-12H,8-9H2,1-7H3. The molecular formula is C15H28. The van der Waals surface area contributed by atoms with Crippen molar-refractivity contribution >= 4 is 0 Å². The molecule has 88 valence electrons. The summed E-state index contributed by atoms with van der Waals surface area (Å²) in [4.78, 5) is 0. The van der Waals surface area contributed by atoms with Gasteiger partial charge < -0.3 is 0 Å². The van der Waals surface area contributed by atoms with Crippen LogP contribution in [0.1, 0.15) is 61.3 Å². The van der Waals surface area contributed by atoms with E-state index in [9.17, 15) is 0 Å². The maximum atomic E-state index is 2.56. The lowest BCUT2D eigenvalue weighted by atomic mass is 9.48. The van der Waals surface area contributed by atoms with Crippen molar-refractivity contribution in [2.45, 2.75) is 61.3 Å². The Morgan fingerprint density at radius 1 is 1.00 bits per heavy atom. The lowest BCUT2D eigenvalue weighted by Gasteiger charge is -2.57. The highest BCUT2D eigenvalue weighted by molar-refractivity contribution is 5.14. The Morgan fingerprint density at radius 2 is 1.53 bits per heavy atom. The second-order valence-corrected chi connectivity index (χ2v) is 7.93. The maximum Gasteiger partial charge on any atom is -0.0195 e. The van der Waals surface area contributed by atoms with Gasteiger partial charge in [0.2, 0.25) is 0 Å². The zero-order valence-corrected chi connectivity index (χ0v) is 11.6. The van der Waals surface area contributed by atoms with Crippen LogP contribution in [-0.4, -0.2) is 0 Å². The molecule has 0 radical (unpaired) electrons. The van der Waals surface area contributed by atoms with Gasteiger partial charge in [0, 0.05) is 0 Å². The molecule has 0 saturated heterocycles. The van der Waals surface area contributed by atoms with Crippen LogP contribution in [-0.2, 0) is 0 Å². The van der Waals surface area contributed by atoms with Crippen molar-refractivity contribution in [2.75, 3.05) is 0 Å². The smallest absolute Gasteiger partial charge is 0.0195 e. The van der Waals surface area contributed by atoms with Crippen molar-refractivity contribution < 1.29 is 0 Å². The normalized spacial score (nSPS) is 48.6. The fourth-order valence-corrected chi connectivity index (χ4v) is 5.22. The molecule has 4 atom stereocenters. The first-order valence-corrected chi connectivity index (χ1v) is 6.62. The van der Waals surface area contributed by atoms with Gasteiger partial charge in [0.05, 0.1) is 0 Å². The highest BCUT2D eigenvalue weighted by Gasteiger charge is 2.65. The molecule has 0 heteroatoms. The Bertz CT molecular complexity index is 268. The quantitative estimate of drug-likeness (QED) is 0.539. The summed E-state index contributed by atoms with van der Waals surface area (Å²) in [6.07, 6.45) is 2.96. The van der Waals surface area contributed by atoms with Crippen molar-refractivity contribution in [3.8, 4) is 0 Å². The van der Waals surface area contributed by atoms with E-state index in [0.29, 0.717) is 16.2 Å². The molecule has 2 saturated carbocycles. The molecule has 0 N–H and O–H groups in total. The van der Waals surface area contributed by atoms with Crippen LogP contribution in [0.2, 0.25) is 0 Å². The fourth-order valence-electron chi connectivity index (χ4n) is 5.22. The molecule has 0 aromatic heterocycles. The summed E-state index contributed by atoms with van der Waals surface area (Å²) in [5.74, 6) is 2.89. The Labute approximate surface area is 95.8 Å². The van der Waals surface area contributed by atoms with Gasteiger partial charge in [-0.3, -0.25) is 0 Å². The van der Waals surface area contributed by atoms with Crippen molar-refractivity contribution in [3.63, 3.8) is 0 Å². The summed E-state index contributed by atoms with van der Waals surface area (Å²) >= 11 is 0. The predicted molar refractivity (Wildman–Crippen MR) is 66.7 cm³/mol. The van der Waals surface area contributed by atoms with Gasteiger partial charge >= 0.3 is 0 Å². The van der Waals surface area contributed by atoms with Gasteiger partial charge in [-0.1, -0.05) is 48.5 Å². The molecule has 0 aromatic carbocycles. The summed E-state index contributed by atoms with van der Waals surface area (Å²) < 4.78 is 0. The maximum absolute atomic E-state index is 2.56. The zero-order valence-electron chi connectivity index (χ0n) is 11.6. The van der Waals surface area contributed by atoms with Gasteiger partial charge in [0.1, 0.15) is 0 Å². The SMILES string of the molecule is CC1CC2CC1C(C)(C)C2(C)C(C)(C)C. The first kappa shape index (κ1) is 11.5. The van der Waals surface area contributed by atoms with E-state index in [1.807, 2.05) is 0 Å². The Balaban J connectivity index is 2.45. The molecule has 15 heavy (non-hydrogen) atoms. The second kappa shape index (κ2) is 2.81. The molecule has 4 unspecified atom stereocenters. The minimum atomic E-state index is 0.441. The molecule has 2 fully saturated rings. The van der Waals surface area contributed by atoms with Gasteiger partial charge in [0.15, 0.2) is 0 Å². The topological polar surface area (TPSA) is 0 Å². The van der Waals surface area contributed by atoms with E-state index in [2.05, 4.69) is 48.5 Å². The summed E-state index contributed by atoms with van der Waals surface area (Å²) in [7, 11) is 0. The lowest BCUT2D eigenvalue weighted by Crippen LogP contribution is -2.50. The molecular weight excluding hydrogens is 180 g/mol. The number of rotatable bonds is 0. The molecule has 2 aliphatic carbocycles. The van der Waals surface area contributed by atoms with E-state index in [1.54, 1.807) is 0 Å². The average Bonchev–Trinajstić information content (AvgIpc) is 2.49. The van der Waals surface area contributed by atoms with E-state index in [0.717, 1.165) is 17.8 Å². The average molecular weight is 208 g/mol. The van der Waals surface area contributed by atoms with Crippen LogP contribution in [0.3, 0.4) is 0 Å². The number of hydrogen-bond acceptors (Lipinski definition) is 0. The van der Waals surface area contributed by atoms with Crippen molar-refractivity contribution in [1.29, 1.82) is 0 Å². The Morgan fingerprint density at radius 3 is 1.87 bits per heavy atom. The van der Waals surface area contributed by atoms with Crippen LogP contribution in [0.15, 0.2) is 0 Å². The summed E-state index contributed by atoms with van der Waals surface area (Å²) in [5.41, 5.74) is 1.49. The van der Waals surface area contributed by atoms with Gasteiger partial charge in [-0.25, -0.2) is 0 Å². The van der Waals surface area contributed by atoms with E-state index >= 15 is 0 Å². The summed E-state index contributed by atoms with van der Waals surface area (Å²) in [6.45, 7) is 17.4. The molecule has 0 heterocycles. The van der Waals surface area contributed by atoms with Gasteiger partial charge in [-0.2, -0.15) is 0 Å². The molecule has 0 nitrogen and oxygen atoms in total. The third kappa shape index (κ3) is 1.14. The van der Waals surface area contributed by atoms with E-state index in [1.165, 1.54) is 12.8 Å². The molecule has 0 aromatic rings. The molecule has 2 bridgehead atoms. The largest absolute Gasteiger partial charge is 0.0622 e. The highest BCUT2D eigenvalue weighted by Crippen LogP contribution is 2.72. The highest BCUT2D eigenvalue weighted by atomic mass is 14.7. The van der Waals surface area contributed by atoms with E-state index < -0.39 is 0 Å². The van der Waals surface area contributed by atoms with Crippen LogP contribution in [0.4, 0.5) is 0 Å². The third-order valence-corrected chi connectivity index (χ3v) is 6.52. The molecule has 0 spiro atoms. The van der Waals surface area contributed by atoms with Crippen LogP contribution >= 0.6 is 0 Å². The lowest BCUT2D eigenvalue weighted by molar-refractivity contribution is -0.0864. The van der Waals surface area contributed by atoms with E-state index in [4.69, 9.17) is 0 Å². The zero-order chi connectivity index (χ0) is 11.6. The van der Waals surface area contributed by atoms with Gasteiger partial charge in [-0.05, 0) is 46.8 Å². The van der Waals surface area contributed by atoms with Crippen molar-refractivity contribution in [3.05, 3.63) is 0 Å². The number of hydrogen-bond donors (Lipinski definition) is 0. The van der Waals surface area contributed by atoms with E-state index in [-0.39, 0.29) is 0 Å². The van der Waals surface area contributed by atoms with Crippen LogP contribution < -0.4 is 0 Å². The molecule has 2 aliphatic rings. The first-order valence-electron chi connectivity index (χ1n) is 6.62. The molecule has 0 amide bonds. The summed E-state index contributed by atoms with van der Waals surface area (Å²) in [5, 5.41) is 0. The Kier molecular flexibility index (Phi) is 2.15. The molecule has 2 rings (SSSR count). The Hall–Kier alpha value is 0. The van der Waals surface area contributed by atoms with Gasteiger partial charge in [0.25, 0.3) is 0 Å². The van der Waals surface area contributed by atoms with Crippen molar-refractivity contribution in [2.24, 2.45) is 34.0 Å².